The molecule has 0 saturated heterocycles. The lowest BCUT2D eigenvalue weighted by Crippen LogP contribution is -2.33. The smallest absolute Gasteiger partial charge is 0.317 e. The molecule has 0 saturated carbocycles. The van der Waals surface area contributed by atoms with E-state index in [1.54, 1.807) is 11.3 Å². The van der Waals surface area contributed by atoms with Crippen LogP contribution in [0.5, 0.6) is 11.5 Å². The number of aliphatic carboxylic acids is 2. The lowest BCUT2D eigenvalue weighted by Gasteiger charge is -2.30. The number of carboxylic acid groups (broad SMARTS) is 2. The highest BCUT2D eigenvalue weighted by Gasteiger charge is 2.17. The second kappa shape index (κ2) is 24.1. The molecule has 0 fully saturated rings. The Balaban J connectivity index is 0.000000194. The molecule has 1 aliphatic rings. The van der Waals surface area contributed by atoms with Gasteiger partial charge >= 0.3 is 11.9 Å². The molecular weight excluding hydrogens is 857 g/mol. The number of hydrogen-bond donors (Lipinski definition) is 2. The predicted octanol–water partition coefficient (Wildman–Crippen LogP) is 10.2. The molecule has 5 aromatic carbocycles. The van der Waals surface area contributed by atoms with Crippen LogP contribution in [0.1, 0.15) is 33.7 Å². The molecule has 65 heavy (non-hydrogen) atoms. The molecule has 8 rings (SSSR count). The topological polar surface area (TPSA) is 129 Å². The minimum absolute atomic E-state index is 0.00272. The molecule has 0 atom stereocenters. The van der Waals surface area contributed by atoms with Crippen LogP contribution < -0.4 is 14.4 Å². The van der Waals surface area contributed by atoms with Gasteiger partial charge in [0.05, 0.1) is 37.6 Å². The number of hydrogen-bond acceptors (Lipinski definition) is 11. The molecule has 1 aliphatic heterocycles. The Morgan fingerprint density at radius 3 is 1.74 bits per heavy atom. The van der Waals surface area contributed by atoms with E-state index in [9.17, 15) is 19.8 Å². The SMILES string of the molecule is Cc1oc(-c2ccsc2)nc1CCOc1ccc(CN(CC(=O)O)Cc2ccccc2)cc1.O=C(O)CN(Cc1ccccc1)Cc1ccc(OCCN2CCSc3ccccc32)cc1. The van der Waals surface area contributed by atoms with E-state index in [4.69, 9.17) is 13.9 Å². The second-order valence-corrected chi connectivity index (χ2v) is 17.5. The predicted molar refractivity (Wildman–Crippen MR) is 258 cm³/mol. The first kappa shape index (κ1) is 46.6. The number of aryl methyl sites for hydroxylation is 1. The number of thioether (sulfide) groups is 1. The fourth-order valence-electron chi connectivity index (χ4n) is 7.47. The summed E-state index contributed by atoms with van der Waals surface area (Å²) in [5, 5.41) is 22.6. The van der Waals surface area contributed by atoms with E-state index in [2.05, 4.69) is 34.1 Å². The number of benzene rings is 5. The molecular formula is C52H54N4O7S2. The highest BCUT2D eigenvalue weighted by Crippen LogP contribution is 2.34. The summed E-state index contributed by atoms with van der Waals surface area (Å²) in [6.07, 6.45) is 0.657. The number of anilines is 1. The van der Waals surface area contributed by atoms with Gasteiger partial charge in [0.1, 0.15) is 23.9 Å². The Hall–Kier alpha value is -6.38. The fourth-order valence-corrected chi connectivity index (χ4v) is 9.15. The van der Waals surface area contributed by atoms with Gasteiger partial charge in [-0.05, 0) is 77.0 Å². The van der Waals surface area contributed by atoms with Crippen molar-refractivity contribution in [2.24, 2.45) is 0 Å². The van der Waals surface area contributed by atoms with Gasteiger partial charge < -0.3 is 29.0 Å². The van der Waals surface area contributed by atoms with Crippen molar-refractivity contribution in [3.63, 3.8) is 0 Å². The Morgan fingerprint density at radius 2 is 1.20 bits per heavy atom. The summed E-state index contributed by atoms with van der Waals surface area (Å²) in [6.45, 7) is 7.21. The third-order valence-electron chi connectivity index (χ3n) is 10.6. The van der Waals surface area contributed by atoms with Gasteiger partial charge in [0.2, 0.25) is 5.89 Å². The van der Waals surface area contributed by atoms with Gasteiger partial charge in [-0.1, -0.05) is 97.1 Å². The largest absolute Gasteiger partial charge is 0.493 e. The Bertz CT molecular complexity index is 2520. The lowest BCUT2D eigenvalue weighted by molar-refractivity contribution is -0.139. The number of thiophene rings is 1. The van der Waals surface area contributed by atoms with Gasteiger partial charge in [0, 0.05) is 60.7 Å². The zero-order valence-electron chi connectivity index (χ0n) is 36.5. The molecule has 0 bridgehead atoms. The van der Waals surface area contributed by atoms with Crippen molar-refractivity contribution in [1.29, 1.82) is 0 Å². The maximum absolute atomic E-state index is 11.3. The minimum Gasteiger partial charge on any atom is -0.493 e. The average Bonchev–Trinajstić information content (AvgIpc) is 3.98. The summed E-state index contributed by atoms with van der Waals surface area (Å²) in [5.41, 5.74) is 7.48. The van der Waals surface area contributed by atoms with Crippen molar-refractivity contribution < 1.29 is 33.7 Å². The number of nitrogens with zero attached hydrogens (tertiary/aromatic N) is 4. The second-order valence-electron chi connectivity index (χ2n) is 15.6. The molecule has 0 aliphatic carbocycles. The van der Waals surface area contributed by atoms with E-state index in [0.717, 1.165) is 69.6 Å². The number of rotatable bonds is 21. The van der Waals surface area contributed by atoms with Crippen molar-refractivity contribution >= 4 is 40.7 Å². The number of ether oxygens (including phenoxy) is 2. The molecule has 7 aromatic rings. The van der Waals surface area contributed by atoms with Crippen LogP contribution in [0, 0.1) is 6.92 Å². The van der Waals surface area contributed by atoms with E-state index in [1.165, 1.54) is 10.6 Å². The summed E-state index contributed by atoms with van der Waals surface area (Å²) >= 11 is 3.52. The normalized spacial score (nSPS) is 12.1. The van der Waals surface area contributed by atoms with Gasteiger partial charge in [-0.25, -0.2) is 4.98 Å². The summed E-state index contributed by atoms with van der Waals surface area (Å²) in [6, 6.07) is 46.1. The molecule has 336 valence electrons. The van der Waals surface area contributed by atoms with E-state index in [-0.39, 0.29) is 13.1 Å². The highest BCUT2D eigenvalue weighted by molar-refractivity contribution is 7.99. The quantitative estimate of drug-likeness (QED) is 0.0712. The number of carbonyl (C=O) groups is 2. The maximum Gasteiger partial charge on any atom is 0.317 e. The van der Waals surface area contributed by atoms with Crippen molar-refractivity contribution in [2.45, 2.75) is 44.4 Å². The highest BCUT2D eigenvalue weighted by atomic mass is 32.2. The van der Waals surface area contributed by atoms with Crippen molar-refractivity contribution in [3.8, 4) is 23.0 Å². The van der Waals surface area contributed by atoms with Crippen molar-refractivity contribution in [2.75, 3.05) is 50.0 Å². The minimum atomic E-state index is -0.837. The molecule has 2 aromatic heterocycles. The number of fused-ring (bicyclic) bond motifs is 1. The van der Waals surface area contributed by atoms with Crippen LogP contribution in [0.3, 0.4) is 0 Å². The first-order valence-electron chi connectivity index (χ1n) is 21.6. The molecule has 2 N–H and O–H groups in total. The molecule has 13 heteroatoms. The fraction of sp³-hybridized carbons (Fsp3) is 0.250. The number of oxazole rings is 1. The van der Waals surface area contributed by atoms with Gasteiger partial charge in [-0.2, -0.15) is 11.3 Å². The standard InChI is InChI=1S/C26H26N2O4S.C26H28N2O3S/c1-19-24(27-26(32-19)22-12-14-33-18-22)11-13-31-23-9-7-21(8-10-23)16-28(17-25(29)30)15-20-5-3-2-4-6-20;29-26(30)20-27(18-21-6-2-1-3-7-21)19-22-10-12-23(13-11-22)31-16-14-28-15-17-32-25-9-5-4-8-24(25)28/h2-10,12,14,18H,11,13,15-17H2,1H3,(H,29,30);1-13H,14-20H2,(H,29,30). The maximum atomic E-state index is 11.3. The van der Waals surface area contributed by atoms with E-state index >= 15 is 0 Å². The van der Waals surface area contributed by atoms with Gasteiger partial charge in [-0.15, -0.1) is 11.8 Å². The molecule has 0 spiro atoms. The zero-order chi connectivity index (χ0) is 45.2. The third-order valence-corrected chi connectivity index (χ3v) is 12.3. The molecule has 3 heterocycles. The van der Waals surface area contributed by atoms with Crippen LogP contribution in [0.4, 0.5) is 5.69 Å². The number of carboxylic acids is 2. The van der Waals surface area contributed by atoms with Crippen molar-refractivity contribution in [3.05, 3.63) is 184 Å². The van der Waals surface area contributed by atoms with Gasteiger partial charge in [0.25, 0.3) is 0 Å². The first-order chi connectivity index (χ1) is 31.7. The monoisotopic (exact) mass is 910 g/mol. The Morgan fingerprint density at radius 1 is 0.677 bits per heavy atom. The molecule has 0 radical (unpaired) electrons. The summed E-state index contributed by atoms with van der Waals surface area (Å²) in [4.78, 5) is 34.8. The van der Waals surface area contributed by atoms with Crippen LogP contribution in [0.15, 0.2) is 160 Å². The van der Waals surface area contributed by atoms with E-state index < -0.39 is 11.9 Å². The Labute approximate surface area is 388 Å². The van der Waals surface area contributed by atoms with Crippen LogP contribution in [0.2, 0.25) is 0 Å². The third kappa shape index (κ3) is 14.8. The first-order valence-corrected chi connectivity index (χ1v) is 23.5. The number of aromatic nitrogens is 1. The Kier molecular flexibility index (Phi) is 17.3. The average molecular weight is 911 g/mol. The molecule has 11 nitrogen and oxygen atoms in total. The summed E-state index contributed by atoms with van der Waals surface area (Å²) in [7, 11) is 0. The van der Waals surface area contributed by atoms with Crippen molar-refractivity contribution in [1.82, 2.24) is 14.8 Å². The molecule has 0 amide bonds. The van der Waals surface area contributed by atoms with E-state index in [1.807, 2.05) is 155 Å². The van der Waals surface area contributed by atoms with Gasteiger partial charge in [0.15, 0.2) is 0 Å². The van der Waals surface area contributed by atoms with Crippen LogP contribution in [-0.4, -0.2) is 82.1 Å². The summed E-state index contributed by atoms with van der Waals surface area (Å²) in [5.74, 6) is 2.50. The van der Waals surface area contributed by atoms with Crippen LogP contribution >= 0.6 is 23.1 Å². The number of para-hydroxylation sites is 1. The summed E-state index contributed by atoms with van der Waals surface area (Å²) < 4.78 is 17.7. The van der Waals surface area contributed by atoms with Crippen LogP contribution in [0.25, 0.3) is 11.5 Å². The lowest BCUT2D eigenvalue weighted by atomic mass is 10.1. The molecule has 0 unspecified atom stereocenters. The van der Waals surface area contributed by atoms with Crippen LogP contribution in [-0.2, 0) is 42.2 Å². The van der Waals surface area contributed by atoms with Gasteiger partial charge in [-0.3, -0.25) is 19.4 Å². The zero-order valence-corrected chi connectivity index (χ0v) is 38.1. The van der Waals surface area contributed by atoms with E-state index in [0.29, 0.717) is 51.7 Å².